The predicted molar refractivity (Wildman–Crippen MR) is 82.0 cm³/mol. The molecule has 108 valence electrons. The number of ketones is 1. The minimum Gasteiger partial charge on any atom is -0.489 e. The number of benzene rings is 2. The van der Waals surface area contributed by atoms with Gasteiger partial charge in [0.15, 0.2) is 17.3 Å². The molecule has 0 amide bonds. The van der Waals surface area contributed by atoms with Gasteiger partial charge in [0.25, 0.3) is 0 Å². The van der Waals surface area contributed by atoms with Crippen molar-refractivity contribution in [2.75, 3.05) is 13.2 Å². The molecular formula is C18H18O3. The lowest BCUT2D eigenvalue weighted by molar-refractivity contribution is 0.101. The molecule has 2 aromatic carbocycles. The first-order chi connectivity index (χ1) is 10.1. The Morgan fingerprint density at radius 2 is 1.57 bits per heavy atom. The van der Waals surface area contributed by atoms with Crippen molar-refractivity contribution < 1.29 is 14.3 Å². The first-order valence-corrected chi connectivity index (χ1v) is 7.14. The van der Waals surface area contributed by atoms with E-state index in [1.54, 1.807) is 6.92 Å². The van der Waals surface area contributed by atoms with Gasteiger partial charge >= 0.3 is 0 Å². The van der Waals surface area contributed by atoms with Crippen LogP contribution in [-0.4, -0.2) is 19.0 Å². The second kappa shape index (κ2) is 5.60. The van der Waals surface area contributed by atoms with Gasteiger partial charge in [0, 0.05) is 11.5 Å². The highest BCUT2D eigenvalue weighted by Crippen LogP contribution is 2.34. The lowest BCUT2D eigenvalue weighted by atomic mass is 10.0. The smallest absolute Gasteiger partial charge is 0.161 e. The van der Waals surface area contributed by atoms with Crippen molar-refractivity contribution >= 4 is 5.78 Å². The summed E-state index contributed by atoms with van der Waals surface area (Å²) in [6.07, 6.45) is 0. The summed E-state index contributed by atoms with van der Waals surface area (Å²) in [5.74, 6) is 2.04. The number of ether oxygens (including phenoxy) is 2. The van der Waals surface area contributed by atoms with E-state index in [9.17, 15) is 4.79 Å². The van der Waals surface area contributed by atoms with E-state index in [1.165, 1.54) is 0 Å². The second-order valence-electron chi connectivity index (χ2n) is 5.52. The first-order valence-electron chi connectivity index (χ1n) is 7.14. The maximum atomic E-state index is 11.3. The number of hydrogen-bond acceptors (Lipinski definition) is 3. The molecule has 1 aliphatic heterocycles. The monoisotopic (exact) mass is 282 g/mol. The van der Waals surface area contributed by atoms with Gasteiger partial charge in [-0.25, -0.2) is 0 Å². The third-order valence-electron chi connectivity index (χ3n) is 3.62. The standard InChI is InChI=1S/C18H18O3/c1-12-10-20-17-8-7-16(9-18(17)21-11-12)15-5-3-14(4-6-15)13(2)19/h3-9,12H,10-11H2,1-2H3. The summed E-state index contributed by atoms with van der Waals surface area (Å²) in [5, 5.41) is 0. The van der Waals surface area contributed by atoms with Crippen molar-refractivity contribution in [2.45, 2.75) is 13.8 Å². The number of carbonyl (C=O) groups is 1. The van der Waals surface area contributed by atoms with Gasteiger partial charge in [-0.15, -0.1) is 0 Å². The van der Waals surface area contributed by atoms with Crippen LogP contribution in [0.15, 0.2) is 42.5 Å². The fourth-order valence-electron chi connectivity index (χ4n) is 2.33. The van der Waals surface area contributed by atoms with E-state index in [0.29, 0.717) is 19.1 Å². The molecule has 1 heterocycles. The fraction of sp³-hybridized carbons (Fsp3) is 0.278. The van der Waals surface area contributed by atoms with Crippen LogP contribution in [-0.2, 0) is 0 Å². The molecule has 21 heavy (non-hydrogen) atoms. The van der Waals surface area contributed by atoms with Crippen LogP contribution in [0.3, 0.4) is 0 Å². The largest absolute Gasteiger partial charge is 0.489 e. The summed E-state index contributed by atoms with van der Waals surface area (Å²) in [6, 6.07) is 13.6. The molecule has 1 aliphatic rings. The summed E-state index contributed by atoms with van der Waals surface area (Å²) in [7, 11) is 0. The van der Waals surface area contributed by atoms with Crippen molar-refractivity contribution in [1.29, 1.82) is 0 Å². The maximum absolute atomic E-state index is 11.3. The molecule has 0 saturated heterocycles. The average molecular weight is 282 g/mol. The minimum atomic E-state index is 0.0780. The molecule has 3 rings (SSSR count). The van der Waals surface area contributed by atoms with Gasteiger partial charge in [-0.2, -0.15) is 0 Å². The molecule has 3 nitrogen and oxygen atoms in total. The van der Waals surface area contributed by atoms with Crippen LogP contribution in [0, 0.1) is 5.92 Å². The molecule has 0 N–H and O–H groups in total. The summed E-state index contributed by atoms with van der Waals surface area (Å²) >= 11 is 0. The van der Waals surface area contributed by atoms with Crippen LogP contribution < -0.4 is 9.47 Å². The van der Waals surface area contributed by atoms with E-state index in [0.717, 1.165) is 28.2 Å². The van der Waals surface area contributed by atoms with E-state index < -0.39 is 0 Å². The van der Waals surface area contributed by atoms with Crippen molar-refractivity contribution in [3.8, 4) is 22.6 Å². The highest BCUT2D eigenvalue weighted by atomic mass is 16.5. The van der Waals surface area contributed by atoms with Crippen molar-refractivity contribution in [2.24, 2.45) is 5.92 Å². The number of fused-ring (bicyclic) bond motifs is 1. The Kier molecular flexibility index (Phi) is 3.65. The number of Topliss-reactive ketones (excluding diaryl/α,β-unsaturated/α-hetero) is 1. The van der Waals surface area contributed by atoms with Crippen molar-refractivity contribution in [3.63, 3.8) is 0 Å². The van der Waals surface area contributed by atoms with Gasteiger partial charge in [-0.1, -0.05) is 37.3 Å². The lowest BCUT2D eigenvalue weighted by Gasteiger charge is -2.09. The molecule has 2 aromatic rings. The quantitative estimate of drug-likeness (QED) is 0.782. The van der Waals surface area contributed by atoms with Crippen LogP contribution in [0.25, 0.3) is 11.1 Å². The molecule has 0 fully saturated rings. The predicted octanol–water partition coefficient (Wildman–Crippen LogP) is 3.96. The van der Waals surface area contributed by atoms with Crippen molar-refractivity contribution in [1.82, 2.24) is 0 Å². The average Bonchev–Trinajstić information content (AvgIpc) is 2.69. The van der Waals surface area contributed by atoms with Gasteiger partial charge in [0.1, 0.15) is 0 Å². The molecule has 1 atom stereocenters. The Morgan fingerprint density at radius 1 is 0.952 bits per heavy atom. The molecule has 1 unspecified atom stereocenters. The zero-order chi connectivity index (χ0) is 14.8. The Morgan fingerprint density at radius 3 is 2.24 bits per heavy atom. The first kappa shape index (κ1) is 13.7. The zero-order valence-corrected chi connectivity index (χ0v) is 12.3. The summed E-state index contributed by atoms with van der Waals surface area (Å²) in [6.45, 7) is 5.02. The van der Waals surface area contributed by atoms with Gasteiger partial charge in [-0.05, 0) is 30.2 Å². The van der Waals surface area contributed by atoms with Gasteiger partial charge in [0.2, 0.25) is 0 Å². The van der Waals surface area contributed by atoms with Crippen LogP contribution >= 0.6 is 0 Å². The fourth-order valence-corrected chi connectivity index (χ4v) is 2.33. The Balaban J connectivity index is 1.91. The van der Waals surface area contributed by atoms with Crippen molar-refractivity contribution in [3.05, 3.63) is 48.0 Å². The van der Waals surface area contributed by atoms with E-state index in [4.69, 9.17) is 9.47 Å². The molecule has 0 spiro atoms. The Labute approximate surface area is 124 Å². The molecular weight excluding hydrogens is 264 g/mol. The summed E-state index contributed by atoms with van der Waals surface area (Å²) in [4.78, 5) is 11.3. The van der Waals surface area contributed by atoms with Crippen LogP contribution in [0.4, 0.5) is 0 Å². The maximum Gasteiger partial charge on any atom is 0.161 e. The van der Waals surface area contributed by atoms with Gasteiger partial charge < -0.3 is 9.47 Å². The highest BCUT2D eigenvalue weighted by Gasteiger charge is 2.15. The van der Waals surface area contributed by atoms with Gasteiger partial charge in [0.05, 0.1) is 13.2 Å². The topological polar surface area (TPSA) is 35.5 Å². The number of carbonyl (C=O) groups excluding carboxylic acids is 1. The molecule has 0 aliphatic carbocycles. The molecule has 0 bridgehead atoms. The second-order valence-corrected chi connectivity index (χ2v) is 5.52. The molecule has 0 aromatic heterocycles. The van der Waals surface area contributed by atoms with E-state index >= 15 is 0 Å². The van der Waals surface area contributed by atoms with Crippen LogP contribution in [0.2, 0.25) is 0 Å². The molecule has 0 saturated carbocycles. The van der Waals surface area contributed by atoms with E-state index in [2.05, 4.69) is 6.92 Å². The van der Waals surface area contributed by atoms with E-state index in [-0.39, 0.29) is 5.78 Å². The summed E-state index contributed by atoms with van der Waals surface area (Å²) < 4.78 is 11.5. The van der Waals surface area contributed by atoms with E-state index in [1.807, 2.05) is 42.5 Å². The number of hydrogen-bond donors (Lipinski definition) is 0. The third kappa shape index (κ3) is 2.92. The van der Waals surface area contributed by atoms with Crippen LogP contribution in [0.5, 0.6) is 11.5 Å². The highest BCUT2D eigenvalue weighted by molar-refractivity contribution is 5.94. The Bertz CT molecular complexity index is 659. The number of rotatable bonds is 2. The van der Waals surface area contributed by atoms with Crippen LogP contribution in [0.1, 0.15) is 24.2 Å². The molecule has 3 heteroatoms. The van der Waals surface area contributed by atoms with Gasteiger partial charge in [-0.3, -0.25) is 4.79 Å². The third-order valence-corrected chi connectivity index (χ3v) is 3.62. The SMILES string of the molecule is CC(=O)c1ccc(-c2ccc3c(c2)OCC(C)CO3)cc1. The normalized spacial score (nSPS) is 17.1. The zero-order valence-electron chi connectivity index (χ0n) is 12.3. The minimum absolute atomic E-state index is 0.0780. The Hall–Kier alpha value is -2.29. The summed E-state index contributed by atoms with van der Waals surface area (Å²) in [5.41, 5.74) is 2.84. The lowest BCUT2D eigenvalue weighted by Crippen LogP contribution is -2.12. The molecule has 0 radical (unpaired) electrons.